The molecule has 2 aliphatic rings. The number of rotatable bonds is 4. The van der Waals surface area contributed by atoms with Crippen LogP contribution < -0.4 is 10.7 Å². The van der Waals surface area contributed by atoms with Gasteiger partial charge in [0.15, 0.2) is 0 Å². The fraction of sp³-hybridized carbons (Fsp3) is 0.333. The molecule has 152 valence electrons. The fourth-order valence-electron chi connectivity index (χ4n) is 4.14. The Morgan fingerprint density at radius 1 is 0.966 bits per heavy atom. The van der Waals surface area contributed by atoms with Crippen molar-refractivity contribution >= 4 is 52.1 Å². The van der Waals surface area contributed by atoms with E-state index in [1.54, 1.807) is 11.1 Å². The minimum absolute atomic E-state index is 0.274. The highest BCUT2D eigenvalue weighted by Crippen LogP contribution is 2.43. The molecule has 2 atom stereocenters. The van der Waals surface area contributed by atoms with Gasteiger partial charge in [-0.1, -0.05) is 59.4 Å². The van der Waals surface area contributed by atoms with E-state index in [0.29, 0.717) is 26.5 Å². The molecule has 29 heavy (non-hydrogen) atoms. The Labute approximate surface area is 185 Å². The number of carbonyl (C=O) groups excluding carboxylic acids is 1. The van der Waals surface area contributed by atoms with Crippen molar-refractivity contribution in [2.24, 2.45) is 10.8 Å². The van der Waals surface area contributed by atoms with E-state index in [1.165, 1.54) is 6.42 Å². The molecule has 2 aromatic carbocycles. The lowest BCUT2D eigenvalue weighted by Crippen LogP contribution is -2.50. The zero-order chi connectivity index (χ0) is 20.5. The number of hydrazone groups is 1. The van der Waals surface area contributed by atoms with E-state index in [4.69, 9.17) is 40.5 Å². The summed E-state index contributed by atoms with van der Waals surface area (Å²) in [6.45, 7) is 1.77. The number of halogens is 3. The number of nitrogens with two attached hydrogens (primary N) is 1. The summed E-state index contributed by atoms with van der Waals surface area (Å²) in [5, 5.41) is 7.89. The number of amides is 1. The van der Waals surface area contributed by atoms with E-state index in [-0.39, 0.29) is 12.1 Å². The summed E-state index contributed by atoms with van der Waals surface area (Å²) in [4.78, 5) is 14.7. The molecule has 2 N–H and O–H groups in total. The predicted octanol–water partition coefficient (Wildman–Crippen LogP) is 4.90. The van der Waals surface area contributed by atoms with Crippen molar-refractivity contribution < 1.29 is 4.79 Å². The van der Waals surface area contributed by atoms with Crippen molar-refractivity contribution in [1.29, 1.82) is 0 Å². The summed E-state index contributed by atoms with van der Waals surface area (Å²) in [5.41, 5.74) is 7.71. The molecular weight excluding hydrogens is 431 g/mol. The molecule has 0 aromatic heterocycles. The minimum atomic E-state index is -0.528. The maximum atomic E-state index is 12.4. The van der Waals surface area contributed by atoms with Crippen LogP contribution in [0.4, 0.5) is 5.69 Å². The van der Waals surface area contributed by atoms with Crippen LogP contribution in [0.5, 0.6) is 0 Å². The summed E-state index contributed by atoms with van der Waals surface area (Å²) in [5.74, 6) is -0.528. The van der Waals surface area contributed by atoms with Crippen molar-refractivity contribution in [3.8, 4) is 0 Å². The van der Waals surface area contributed by atoms with Gasteiger partial charge in [-0.15, -0.1) is 0 Å². The Hall–Kier alpha value is -1.79. The molecule has 0 spiro atoms. The topological polar surface area (TPSA) is 61.9 Å². The molecular formula is C21H21Cl3N4O. The van der Waals surface area contributed by atoms with Gasteiger partial charge in [-0.25, -0.2) is 0 Å². The van der Waals surface area contributed by atoms with Crippen LogP contribution in [0.15, 0.2) is 47.6 Å². The average Bonchev–Trinajstić information content (AvgIpc) is 3.12. The van der Waals surface area contributed by atoms with Crippen molar-refractivity contribution in [2.45, 2.75) is 31.3 Å². The highest BCUT2D eigenvalue weighted by atomic mass is 35.5. The first-order chi connectivity index (χ1) is 14.0. The quantitative estimate of drug-likeness (QED) is 0.719. The number of nitrogens with zero attached hydrogens (tertiary/aromatic N) is 3. The second kappa shape index (κ2) is 8.52. The van der Waals surface area contributed by atoms with Crippen LogP contribution in [0.1, 0.15) is 30.9 Å². The molecule has 0 radical (unpaired) electrons. The third kappa shape index (κ3) is 3.97. The lowest BCUT2D eigenvalue weighted by atomic mass is 9.93. The fourth-order valence-corrected chi connectivity index (χ4v) is 4.65. The van der Waals surface area contributed by atoms with Gasteiger partial charge in [-0.3, -0.25) is 14.7 Å². The molecule has 1 fully saturated rings. The second-order valence-electron chi connectivity index (χ2n) is 7.30. The zero-order valence-corrected chi connectivity index (χ0v) is 18.0. The summed E-state index contributed by atoms with van der Waals surface area (Å²) in [7, 11) is 0. The van der Waals surface area contributed by atoms with E-state index >= 15 is 0 Å². The Morgan fingerprint density at radius 2 is 1.66 bits per heavy atom. The minimum Gasteiger partial charge on any atom is -0.364 e. The van der Waals surface area contributed by atoms with Crippen LogP contribution in [0, 0.1) is 0 Å². The van der Waals surface area contributed by atoms with Crippen LogP contribution in [-0.2, 0) is 4.79 Å². The molecule has 2 aromatic rings. The molecule has 0 saturated carbocycles. The highest BCUT2D eigenvalue weighted by molar-refractivity contribution is 6.44. The van der Waals surface area contributed by atoms with Gasteiger partial charge in [0.1, 0.15) is 5.71 Å². The van der Waals surface area contributed by atoms with Crippen molar-refractivity contribution in [1.82, 2.24) is 4.90 Å². The van der Waals surface area contributed by atoms with E-state index in [2.05, 4.69) is 10.0 Å². The van der Waals surface area contributed by atoms with Gasteiger partial charge in [-0.2, -0.15) is 5.10 Å². The van der Waals surface area contributed by atoms with Gasteiger partial charge in [-0.05, 0) is 55.8 Å². The largest absolute Gasteiger partial charge is 0.364 e. The first-order valence-electron chi connectivity index (χ1n) is 9.58. The number of carbonyl (C=O) groups is 1. The van der Waals surface area contributed by atoms with Gasteiger partial charge in [0, 0.05) is 5.02 Å². The van der Waals surface area contributed by atoms with Crippen LogP contribution in [-0.4, -0.2) is 35.7 Å². The van der Waals surface area contributed by atoms with Crippen molar-refractivity contribution in [2.75, 3.05) is 18.1 Å². The molecule has 0 aliphatic carbocycles. The lowest BCUT2D eigenvalue weighted by molar-refractivity contribution is -0.112. The van der Waals surface area contributed by atoms with Gasteiger partial charge < -0.3 is 5.73 Å². The maximum absolute atomic E-state index is 12.4. The number of benzene rings is 2. The van der Waals surface area contributed by atoms with E-state index in [1.807, 2.05) is 36.4 Å². The third-order valence-electron chi connectivity index (χ3n) is 5.48. The number of likely N-dealkylation sites (tertiary alicyclic amines) is 1. The molecule has 0 bridgehead atoms. The normalized spacial score (nSPS) is 22.6. The zero-order valence-electron chi connectivity index (χ0n) is 15.7. The van der Waals surface area contributed by atoms with Crippen LogP contribution >= 0.6 is 34.8 Å². The number of primary amides is 1. The Kier molecular flexibility index (Phi) is 6.02. The number of hydrogen-bond donors (Lipinski definition) is 1. The molecule has 2 unspecified atom stereocenters. The van der Waals surface area contributed by atoms with Crippen molar-refractivity contribution in [3.05, 3.63) is 63.1 Å². The summed E-state index contributed by atoms with van der Waals surface area (Å²) >= 11 is 18.9. The molecule has 1 amide bonds. The smallest absolute Gasteiger partial charge is 0.266 e. The lowest BCUT2D eigenvalue weighted by Gasteiger charge is -2.37. The molecule has 5 nitrogen and oxygen atoms in total. The highest BCUT2D eigenvalue weighted by Gasteiger charge is 2.45. The van der Waals surface area contributed by atoms with Gasteiger partial charge in [0.05, 0.1) is 27.8 Å². The standard InChI is InChI=1S/C21H21Cl3N4O/c22-14-9-7-13(8-10-14)19-20(27-11-2-1-3-12-27)18(21(25)29)26-28(19)16-6-4-5-15(23)17(16)24/h4-10,19-20H,1-3,11-12H2,(H2,25,29). The monoisotopic (exact) mass is 450 g/mol. The predicted molar refractivity (Wildman–Crippen MR) is 119 cm³/mol. The summed E-state index contributed by atoms with van der Waals surface area (Å²) in [6, 6.07) is 12.4. The van der Waals surface area contributed by atoms with Gasteiger partial charge in [0.2, 0.25) is 0 Å². The van der Waals surface area contributed by atoms with E-state index in [9.17, 15) is 4.79 Å². The Morgan fingerprint density at radius 3 is 2.31 bits per heavy atom. The van der Waals surface area contributed by atoms with Crippen LogP contribution in [0.25, 0.3) is 0 Å². The Bertz CT molecular complexity index is 941. The average molecular weight is 452 g/mol. The van der Waals surface area contributed by atoms with Gasteiger partial charge in [0.25, 0.3) is 5.91 Å². The van der Waals surface area contributed by atoms with E-state index in [0.717, 1.165) is 31.5 Å². The third-order valence-corrected chi connectivity index (χ3v) is 6.55. The molecule has 1 saturated heterocycles. The number of anilines is 1. The number of hydrogen-bond acceptors (Lipinski definition) is 4. The summed E-state index contributed by atoms with van der Waals surface area (Å²) in [6.07, 6.45) is 3.34. The molecule has 4 rings (SSSR count). The van der Waals surface area contributed by atoms with Crippen molar-refractivity contribution in [3.63, 3.8) is 0 Å². The molecule has 2 aliphatic heterocycles. The van der Waals surface area contributed by atoms with Crippen LogP contribution in [0.3, 0.4) is 0 Å². The SMILES string of the molecule is NC(=O)C1=NN(c2cccc(Cl)c2Cl)C(c2ccc(Cl)cc2)C1N1CCCCC1. The van der Waals surface area contributed by atoms with Gasteiger partial charge >= 0.3 is 0 Å². The maximum Gasteiger partial charge on any atom is 0.266 e. The first-order valence-corrected chi connectivity index (χ1v) is 10.7. The van der Waals surface area contributed by atoms with Crippen LogP contribution in [0.2, 0.25) is 15.1 Å². The number of piperidine rings is 1. The molecule has 8 heteroatoms. The molecule has 2 heterocycles. The van der Waals surface area contributed by atoms with E-state index < -0.39 is 5.91 Å². The Balaban J connectivity index is 1.86. The second-order valence-corrected chi connectivity index (χ2v) is 8.53. The summed E-state index contributed by atoms with van der Waals surface area (Å²) < 4.78 is 0. The first kappa shape index (κ1) is 20.5.